The second-order valence-electron chi connectivity index (χ2n) is 3.19. The summed E-state index contributed by atoms with van der Waals surface area (Å²) < 4.78 is 11.4. The van der Waals surface area contributed by atoms with Gasteiger partial charge in [0, 0.05) is 28.7 Å². The molecule has 0 aliphatic carbocycles. The Kier molecular flexibility index (Phi) is 4.34. The molecule has 0 saturated heterocycles. The zero-order chi connectivity index (χ0) is 10.4. The maximum absolute atomic E-state index is 11.4. The van der Waals surface area contributed by atoms with Gasteiger partial charge in [0.1, 0.15) is 0 Å². The van der Waals surface area contributed by atoms with Gasteiger partial charge in [-0.05, 0) is 12.5 Å². The van der Waals surface area contributed by atoms with Gasteiger partial charge in [-0.1, -0.05) is 29.8 Å². The van der Waals surface area contributed by atoms with Gasteiger partial charge in [-0.3, -0.25) is 4.21 Å². The molecule has 0 N–H and O–H groups in total. The zero-order valence-electron chi connectivity index (χ0n) is 8.19. The van der Waals surface area contributed by atoms with E-state index < -0.39 is 10.8 Å². The van der Waals surface area contributed by atoms with Crippen molar-refractivity contribution in [2.24, 2.45) is 0 Å². The third-order valence-electron chi connectivity index (χ3n) is 1.85. The van der Waals surface area contributed by atoms with Crippen molar-refractivity contribution in [3.05, 3.63) is 35.4 Å². The molecule has 0 aliphatic rings. The van der Waals surface area contributed by atoms with E-state index in [1.165, 1.54) is 5.56 Å². The first-order valence-electron chi connectivity index (χ1n) is 4.50. The molecule has 74 valence electrons. The molecule has 3 heteroatoms. The molecule has 0 radical (unpaired) electrons. The summed E-state index contributed by atoms with van der Waals surface area (Å²) in [5.41, 5.74) is 2.26. The molecule has 1 rings (SSSR count). The van der Waals surface area contributed by atoms with Crippen LogP contribution in [0.5, 0.6) is 0 Å². The van der Waals surface area contributed by atoms with E-state index in [4.69, 9.17) is 5.26 Å². The van der Waals surface area contributed by atoms with Gasteiger partial charge in [0.05, 0.1) is 6.07 Å². The molecule has 0 amide bonds. The summed E-state index contributed by atoms with van der Waals surface area (Å²) in [6.07, 6.45) is 0.373. The highest BCUT2D eigenvalue weighted by Crippen LogP contribution is 2.07. The van der Waals surface area contributed by atoms with Crippen molar-refractivity contribution in [2.45, 2.75) is 19.1 Å². The van der Waals surface area contributed by atoms with E-state index in [9.17, 15) is 4.21 Å². The van der Waals surface area contributed by atoms with Crippen molar-refractivity contribution >= 4 is 10.8 Å². The fourth-order valence-electron chi connectivity index (χ4n) is 1.22. The van der Waals surface area contributed by atoms with Crippen LogP contribution in [-0.2, 0) is 16.6 Å². The van der Waals surface area contributed by atoms with Crippen LogP contribution in [0.4, 0.5) is 0 Å². The Balaban J connectivity index is 2.53. The molecule has 0 bridgehead atoms. The Labute approximate surface area is 87.0 Å². The van der Waals surface area contributed by atoms with Crippen LogP contribution in [0.25, 0.3) is 0 Å². The van der Waals surface area contributed by atoms with Gasteiger partial charge in [-0.15, -0.1) is 0 Å². The maximum Gasteiger partial charge on any atom is 0.0631 e. The van der Waals surface area contributed by atoms with Crippen molar-refractivity contribution in [1.82, 2.24) is 0 Å². The highest BCUT2D eigenvalue weighted by Gasteiger charge is 2.01. The lowest BCUT2D eigenvalue weighted by molar-refractivity contribution is 0.682. The summed E-state index contributed by atoms with van der Waals surface area (Å²) in [4.78, 5) is 0. The van der Waals surface area contributed by atoms with Crippen LogP contribution in [0.3, 0.4) is 0 Å². The Morgan fingerprint density at radius 3 is 2.93 bits per heavy atom. The fourth-order valence-corrected chi connectivity index (χ4v) is 2.23. The lowest BCUT2D eigenvalue weighted by Gasteiger charge is -2.01. The van der Waals surface area contributed by atoms with Gasteiger partial charge in [0.15, 0.2) is 0 Å². The van der Waals surface area contributed by atoms with E-state index in [1.54, 1.807) is 0 Å². The molecule has 0 fully saturated rings. The number of aryl methyl sites for hydroxylation is 1. The lowest BCUT2D eigenvalue weighted by Crippen LogP contribution is -2.00. The van der Waals surface area contributed by atoms with E-state index in [2.05, 4.69) is 0 Å². The summed E-state index contributed by atoms with van der Waals surface area (Å²) in [5.74, 6) is 1.04. The molecular formula is C11H13NOS. The van der Waals surface area contributed by atoms with Crippen LogP contribution >= 0.6 is 0 Å². The number of hydrogen-bond donors (Lipinski definition) is 0. The maximum atomic E-state index is 11.4. The number of nitrogens with zero attached hydrogens (tertiary/aromatic N) is 1. The smallest absolute Gasteiger partial charge is 0.0631 e. The Morgan fingerprint density at radius 2 is 2.29 bits per heavy atom. The quantitative estimate of drug-likeness (QED) is 0.759. The van der Waals surface area contributed by atoms with Crippen molar-refractivity contribution in [1.29, 1.82) is 5.26 Å². The van der Waals surface area contributed by atoms with E-state index >= 15 is 0 Å². The summed E-state index contributed by atoms with van der Waals surface area (Å²) in [5, 5.41) is 8.34. The molecular weight excluding hydrogens is 194 g/mol. The third-order valence-corrected chi connectivity index (χ3v) is 3.17. The molecule has 1 aromatic carbocycles. The highest BCUT2D eigenvalue weighted by atomic mass is 32.2. The first kappa shape index (κ1) is 10.9. The van der Waals surface area contributed by atoms with Crippen LogP contribution in [-0.4, -0.2) is 9.96 Å². The largest absolute Gasteiger partial charge is 0.259 e. The fraction of sp³-hybridized carbons (Fsp3) is 0.364. The van der Waals surface area contributed by atoms with Gasteiger partial charge in [0.2, 0.25) is 0 Å². The number of nitriles is 1. The second kappa shape index (κ2) is 5.56. The molecule has 0 heterocycles. The number of rotatable bonds is 4. The minimum atomic E-state index is -0.902. The summed E-state index contributed by atoms with van der Waals surface area (Å²) in [7, 11) is -0.902. The Morgan fingerprint density at radius 1 is 1.50 bits per heavy atom. The van der Waals surface area contributed by atoms with E-state index in [1.807, 2.05) is 37.3 Å². The van der Waals surface area contributed by atoms with Crippen molar-refractivity contribution in [2.75, 3.05) is 5.75 Å². The monoisotopic (exact) mass is 207 g/mol. The molecule has 1 aromatic rings. The van der Waals surface area contributed by atoms with Crippen molar-refractivity contribution in [3.8, 4) is 6.07 Å². The van der Waals surface area contributed by atoms with Crippen LogP contribution in [0, 0.1) is 18.3 Å². The molecule has 0 spiro atoms. The zero-order valence-corrected chi connectivity index (χ0v) is 9.01. The van der Waals surface area contributed by atoms with E-state index in [0.717, 1.165) is 5.56 Å². The predicted octanol–water partition coefficient (Wildman–Crippen LogP) is 2.16. The molecule has 0 saturated carbocycles. The van der Waals surface area contributed by atoms with Gasteiger partial charge in [-0.2, -0.15) is 5.26 Å². The molecule has 0 aromatic heterocycles. The summed E-state index contributed by atoms with van der Waals surface area (Å²) >= 11 is 0. The Hall–Kier alpha value is -1.14. The average Bonchev–Trinajstić information content (AvgIpc) is 2.15. The minimum Gasteiger partial charge on any atom is -0.259 e. The van der Waals surface area contributed by atoms with Crippen LogP contribution in [0.15, 0.2) is 24.3 Å². The number of benzene rings is 1. The minimum absolute atomic E-state index is 0.373. The van der Waals surface area contributed by atoms with Crippen LogP contribution in [0.1, 0.15) is 17.5 Å². The van der Waals surface area contributed by atoms with E-state index in [-0.39, 0.29) is 0 Å². The normalized spacial score (nSPS) is 12.0. The number of hydrogen-bond acceptors (Lipinski definition) is 2. The van der Waals surface area contributed by atoms with Crippen LogP contribution < -0.4 is 0 Å². The van der Waals surface area contributed by atoms with Crippen LogP contribution in [0.2, 0.25) is 0 Å². The van der Waals surface area contributed by atoms with E-state index in [0.29, 0.717) is 17.9 Å². The van der Waals surface area contributed by atoms with Crippen molar-refractivity contribution < 1.29 is 4.21 Å². The van der Waals surface area contributed by atoms with Gasteiger partial charge >= 0.3 is 0 Å². The predicted molar refractivity (Wildman–Crippen MR) is 58.1 cm³/mol. The first-order valence-corrected chi connectivity index (χ1v) is 5.98. The SMILES string of the molecule is Cc1cccc(CS(=O)CCC#N)c1. The van der Waals surface area contributed by atoms with Gasteiger partial charge in [0.25, 0.3) is 0 Å². The van der Waals surface area contributed by atoms with Gasteiger partial charge in [-0.25, -0.2) is 0 Å². The first-order chi connectivity index (χ1) is 6.72. The average molecular weight is 207 g/mol. The topological polar surface area (TPSA) is 40.9 Å². The molecule has 14 heavy (non-hydrogen) atoms. The molecule has 1 unspecified atom stereocenters. The van der Waals surface area contributed by atoms with Crippen molar-refractivity contribution in [3.63, 3.8) is 0 Å². The molecule has 2 nitrogen and oxygen atoms in total. The highest BCUT2D eigenvalue weighted by molar-refractivity contribution is 7.84. The lowest BCUT2D eigenvalue weighted by atomic mass is 10.2. The molecule has 1 atom stereocenters. The second-order valence-corrected chi connectivity index (χ2v) is 4.76. The summed E-state index contributed by atoms with van der Waals surface area (Å²) in [6, 6.07) is 9.98. The van der Waals surface area contributed by atoms with Gasteiger partial charge < -0.3 is 0 Å². The third kappa shape index (κ3) is 3.71. The Bertz CT molecular complexity index is 368. The summed E-state index contributed by atoms with van der Waals surface area (Å²) in [6.45, 7) is 2.02. The standard InChI is InChI=1S/C11H13NOS/c1-10-4-2-5-11(8-10)9-14(13)7-3-6-12/h2,4-5,8H,3,7,9H2,1H3. The molecule has 0 aliphatic heterocycles.